The maximum atomic E-state index is 13.1. The molecule has 6 nitrogen and oxygen atoms in total. The van der Waals surface area contributed by atoms with Gasteiger partial charge in [0.2, 0.25) is 0 Å². The first-order chi connectivity index (χ1) is 15.8. The number of halogens is 2. The topological polar surface area (TPSA) is 80.5 Å². The van der Waals surface area contributed by atoms with Gasteiger partial charge in [0.05, 0.1) is 21.7 Å². The second-order valence-electron chi connectivity index (χ2n) is 6.84. The third kappa shape index (κ3) is 4.98. The highest BCUT2D eigenvalue weighted by Gasteiger charge is 2.16. The van der Waals surface area contributed by atoms with Gasteiger partial charge in [-0.25, -0.2) is 12.8 Å². The van der Waals surface area contributed by atoms with Crippen LogP contribution < -0.4 is 9.52 Å². The molecule has 0 bridgehead atoms. The minimum absolute atomic E-state index is 0.107. The van der Waals surface area contributed by atoms with E-state index in [4.69, 9.17) is 18.0 Å². The Morgan fingerprint density at radius 1 is 1.15 bits per heavy atom. The predicted molar refractivity (Wildman–Crippen MR) is 127 cm³/mol. The minimum Gasteiger partial charge on any atom is -0.305 e. The molecule has 4 aromatic rings. The summed E-state index contributed by atoms with van der Waals surface area (Å²) in [5.74, 6) is 1.43. The molecule has 166 valence electrons. The first-order valence-electron chi connectivity index (χ1n) is 9.47. The van der Waals surface area contributed by atoms with E-state index in [9.17, 15) is 17.6 Å². The Kier molecular flexibility index (Phi) is 6.33. The van der Waals surface area contributed by atoms with Gasteiger partial charge in [-0.15, -0.1) is 6.42 Å². The zero-order valence-electron chi connectivity index (χ0n) is 16.8. The van der Waals surface area contributed by atoms with E-state index in [1.54, 1.807) is 22.8 Å². The van der Waals surface area contributed by atoms with Crippen molar-refractivity contribution in [2.75, 3.05) is 4.72 Å². The molecule has 1 aromatic heterocycles. The van der Waals surface area contributed by atoms with Gasteiger partial charge in [-0.1, -0.05) is 34.9 Å². The van der Waals surface area contributed by atoms with Gasteiger partial charge in [0, 0.05) is 16.3 Å². The lowest BCUT2D eigenvalue weighted by molar-refractivity contribution is 0.0998. The Balaban J connectivity index is 1.67. The van der Waals surface area contributed by atoms with Crippen LogP contribution in [0.15, 0.2) is 76.6 Å². The van der Waals surface area contributed by atoms with Crippen molar-refractivity contribution in [3.8, 4) is 12.3 Å². The van der Waals surface area contributed by atoms with Crippen LogP contribution in [-0.4, -0.2) is 18.9 Å². The Labute approximate surface area is 198 Å². The summed E-state index contributed by atoms with van der Waals surface area (Å²) in [4.78, 5) is 17.4. The van der Waals surface area contributed by atoms with Gasteiger partial charge in [0.15, 0.2) is 4.80 Å². The molecule has 0 unspecified atom stereocenters. The van der Waals surface area contributed by atoms with Crippen molar-refractivity contribution in [1.82, 2.24) is 4.57 Å². The van der Waals surface area contributed by atoms with Crippen LogP contribution in [0.25, 0.3) is 10.2 Å². The highest BCUT2D eigenvalue weighted by Crippen LogP contribution is 2.22. The molecule has 0 radical (unpaired) electrons. The summed E-state index contributed by atoms with van der Waals surface area (Å²) in [6.45, 7) is 0.214. The number of amides is 1. The lowest BCUT2D eigenvalue weighted by Crippen LogP contribution is -2.17. The average Bonchev–Trinajstić information content (AvgIpc) is 3.10. The van der Waals surface area contributed by atoms with Crippen LogP contribution in [-0.2, 0) is 16.6 Å². The van der Waals surface area contributed by atoms with E-state index in [2.05, 4.69) is 15.6 Å². The van der Waals surface area contributed by atoms with Crippen molar-refractivity contribution in [2.45, 2.75) is 11.4 Å². The number of carbonyl (C=O) groups is 1. The lowest BCUT2D eigenvalue weighted by Gasteiger charge is -2.08. The predicted octanol–water partition coefficient (Wildman–Crippen LogP) is 4.67. The number of rotatable bonds is 5. The fourth-order valence-electron chi connectivity index (χ4n) is 3.07. The summed E-state index contributed by atoms with van der Waals surface area (Å²) in [7, 11) is -3.96. The number of sulfonamides is 1. The molecule has 0 spiro atoms. The van der Waals surface area contributed by atoms with Gasteiger partial charge in [-0.3, -0.25) is 9.52 Å². The van der Waals surface area contributed by atoms with Gasteiger partial charge >= 0.3 is 0 Å². The van der Waals surface area contributed by atoms with E-state index in [0.717, 1.165) is 34.5 Å². The van der Waals surface area contributed by atoms with Crippen molar-refractivity contribution in [2.24, 2.45) is 4.99 Å². The third-order valence-electron chi connectivity index (χ3n) is 4.58. The fourth-order valence-corrected chi connectivity index (χ4v) is 5.42. The standard InChI is InChI=1S/C23H15ClFN3O3S2/c1-2-12-28-20-11-6-16(24)14-21(20)32-23(28)26-22(29)15-4-3-5-18(13-15)27-33(30,31)19-9-7-17(25)8-10-19/h1,3-11,13-14,27H,12H2. The molecule has 33 heavy (non-hydrogen) atoms. The van der Waals surface area contributed by atoms with Crippen LogP contribution in [0.4, 0.5) is 10.1 Å². The number of terminal acetylenes is 1. The van der Waals surface area contributed by atoms with E-state index in [1.165, 1.54) is 35.6 Å². The van der Waals surface area contributed by atoms with Crippen LogP contribution in [0, 0.1) is 18.2 Å². The largest absolute Gasteiger partial charge is 0.305 e. The van der Waals surface area contributed by atoms with E-state index in [0.29, 0.717) is 9.82 Å². The molecule has 0 aliphatic carbocycles. The van der Waals surface area contributed by atoms with Gasteiger partial charge in [0.1, 0.15) is 5.82 Å². The lowest BCUT2D eigenvalue weighted by atomic mass is 10.2. The Morgan fingerprint density at radius 2 is 1.91 bits per heavy atom. The summed E-state index contributed by atoms with van der Waals surface area (Å²) in [6, 6.07) is 15.6. The van der Waals surface area contributed by atoms with Crippen molar-refractivity contribution < 1.29 is 17.6 Å². The first-order valence-corrected chi connectivity index (χ1v) is 12.1. The Morgan fingerprint density at radius 3 is 2.64 bits per heavy atom. The molecule has 3 aromatic carbocycles. The number of nitrogens with zero attached hydrogens (tertiary/aromatic N) is 2. The highest BCUT2D eigenvalue weighted by atomic mass is 35.5. The van der Waals surface area contributed by atoms with E-state index in [1.807, 2.05) is 0 Å². The molecule has 0 saturated heterocycles. The molecule has 0 atom stereocenters. The number of hydrogen-bond donors (Lipinski definition) is 1. The third-order valence-corrected chi connectivity index (χ3v) is 7.25. The Bertz CT molecular complexity index is 1580. The van der Waals surface area contributed by atoms with Crippen molar-refractivity contribution in [1.29, 1.82) is 0 Å². The number of anilines is 1. The van der Waals surface area contributed by atoms with Crippen molar-refractivity contribution >= 4 is 54.8 Å². The second kappa shape index (κ2) is 9.19. The number of nitrogens with one attached hydrogen (secondary N) is 1. The monoisotopic (exact) mass is 499 g/mol. The zero-order valence-corrected chi connectivity index (χ0v) is 19.2. The summed E-state index contributed by atoms with van der Waals surface area (Å²) < 4.78 is 43.2. The van der Waals surface area contributed by atoms with Gasteiger partial charge in [-0.05, 0) is 60.7 Å². The molecule has 1 N–H and O–H groups in total. The zero-order chi connectivity index (χ0) is 23.6. The first kappa shape index (κ1) is 22.7. The van der Waals surface area contributed by atoms with Crippen molar-refractivity contribution in [3.05, 3.63) is 87.9 Å². The van der Waals surface area contributed by atoms with Crippen LogP contribution >= 0.6 is 22.9 Å². The molecule has 4 rings (SSSR count). The molecule has 0 aliphatic rings. The van der Waals surface area contributed by atoms with Gasteiger partial charge in [0.25, 0.3) is 15.9 Å². The SMILES string of the molecule is C#CCn1c(=NC(=O)c2cccc(NS(=O)(=O)c3ccc(F)cc3)c2)sc2cc(Cl)ccc21. The molecule has 10 heteroatoms. The molecule has 0 fully saturated rings. The van der Waals surface area contributed by atoms with E-state index < -0.39 is 21.7 Å². The normalized spacial score (nSPS) is 12.0. The molecule has 0 saturated carbocycles. The smallest absolute Gasteiger partial charge is 0.279 e. The summed E-state index contributed by atoms with van der Waals surface area (Å²) in [5.41, 5.74) is 1.15. The summed E-state index contributed by atoms with van der Waals surface area (Å²) >= 11 is 7.33. The van der Waals surface area contributed by atoms with Crippen LogP contribution in [0.2, 0.25) is 5.02 Å². The molecule has 1 heterocycles. The highest BCUT2D eigenvalue weighted by molar-refractivity contribution is 7.92. The number of thiazole rings is 1. The number of fused-ring (bicyclic) bond motifs is 1. The van der Waals surface area contributed by atoms with Crippen LogP contribution in [0.1, 0.15) is 10.4 Å². The quantitative estimate of drug-likeness (QED) is 0.405. The molecule has 0 aliphatic heterocycles. The summed E-state index contributed by atoms with van der Waals surface area (Å²) in [6.07, 6.45) is 5.48. The maximum Gasteiger partial charge on any atom is 0.279 e. The number of carbonyl (C=O) groups excluding carboxylic acids is 1. The number of hydrogen-bond acceptors (Lipinski definition) is 4. The maximum absolute atomic E-state index is 13.1. The molecule has 1 amide bonds. The van der Waals surface area contributed by atoms with Gasteiger partial charge in [-0.2, -0.15) is 4.99 Å². The van der Waals surface area contributed by atoms with Crippen LogP contribution in [0.3, 0.4) is 0 Å². The summed E-state index contributed by atoms with van der Waals surface area (Å²) in [5, 5.41) is 0.552. The van der Waals surface area contributed by atoms with Crippen LogP contribution in [0.5, 0.6) is 0 Å². The average molecular weight is 500 g/mol. The second-order valence-corrected chi connectivity index (χ2v) is 9.97. The minimum atomic E-state index is -3.96. The number of benzene rings is 3. The fraction of sp³-hybridized carbons (Fsp3) is 0.0435. The van der Waals surface area contributed by atoms with Crippen molar-refractivity contribution in [3.63, 3.8) is 0 Å². The number of aromatic nitrogens is 1. The van der Waals surface area contributed by atoms with Gasteiger partial charge < -0.3 is 4.57 Å². The molecular weight excluding hydrogens is 485 g/mol. The van der Waals surface area contributed by atoms with E-state index in [-0.39, 0.29) is 22.7 Å². The Hall–Kier alpha value is -3.45. The molecular formula is C23H15ClFN3O3S2. The van der Waals surface area contributed by atoms with E-state index >= 15 is 0 Å².